The number of nitrogens with zero attached hydrogens (tertiary/aromatic N) is 1. The lowest BCUT2D eigenvalue weighted by atomic mass is 9.84. The molecule has 0 aliphatic heterocycles. The molecule has 2 aliphatic carbocycles. The van der Waals surface area contributed by atoms with Crippen molar-refractivity contribution in [2.45, 2.75) is 56.9 Å². The lowest BCUT2D eigenvalue weighted by Crippen LogP contribution is -2.30. The number of nitrogens with one attached hydrogen (secondary N) is 1. The minimum atomic E-state index is 0.244. The summed E-state index contributed by atoms with van der Waals surface area (Å²) in [6, 6.07) is 2.20. The number of anilines is 1. The van der Waals surface area contributed by atoms with Gasteiger partial charge in [-0.3, -0.25) is 0 Å². The minimum Gasteiger partial charge on any atom is -0.380 e. The summed E-state index contributed by atoms with van der Waals surface area (Å²) in [4.78, 5) is 5.92. The van der Waals surface area contributed by atoms with Crippen LogP contribution in [0.15, 0.2) is 22.2 Å². The van der Waals surface area contributed by atoms with Crippen LogP contribution in [0.2, 0.25) is 5.15 Å². The number of nitrogens with two attached hydrogens (primary N) is 1. The summed E-state index contributed by atoms with van der Waals surface area (Å²) < 4.78 is 2.27. The summed E-state index contributed by atoms with van der Waals surface area (Å²) in [5.41, 5.74) is 9.97. The molecular weight excluding hydrogens is 418 g/mol. The molecule has 0 saturated heterocycles. The SMILES string of the molecule is N[C@H]1CCCC[C@@H]1c1sc2c(NCC3=CCCC3)cc(Cl)nc2c1Br. The van der Waals surface area contributed by atoms with Crippen LogP contribution in [0.3, 0.4) is 0 Å². The Kier molecular flexibility index (Phi) is 5.37. The maximum absolute atomic E-state index is 6.43. The van der Waals surface area contributed by atoms with Crippen LogP contribution >= 0.6 is 38.9 Å². The average Bonchev–Trinajstić information content (AvgIpc) is 3.22. The standard InChI is InChI=1S/C19H23BrClN3S/c20-16-17-19(25-18(16)12-7-3-4-8-13(12)22)14(9-15(21)24-17)23-10-11-5-1-2-6-11/h5,9,12-13H,1-4,6-8,10,22H2,(H,23,24)/t12-,13-/m0/s1. The lowest BCUT2D eigenvalue weighted by Gasteiger charge is -2.28. The van der Waals surface area contributed by atoms with E-state index in [0.717, 1.165) is 35.1 Å². The Morgan fingerprint density at radius 1 is 1.32 bits per heavy atom. The highest BCUT2D eigenvalue weighted by Gasteiger charge is 2.28. The first kappa shape index (κ1) is 17.8. The van der Waals surface area contributed by atoms with Crippen molar-refractivity contribution in [2.24, 2.45) is 5.73 Å². The number of fused-ring (bicyclic) bond motifs is 1. The maximum Gasteiger partial charge on any atom is 0.131 e. The fraction of sp³-hybridized carbons (Fsp3) is 0.526. The van der Waals surface area contributed by atoms with Crippen LogP contribution in [0.4, 0.5) is 5.69 Å². The molecule has 3 N–H and O–H groups in total. The van der Waals surface area contributed by atoms with E-state index in [1.807, 2.05) is 17.4 Å². The van der Waals surface area contributed by atoms with Gasteiger partial charge in [0.2, 0.25) is 0 Å². The third-order valence-corrected chi connectivity index (χ3v) is 7.98. The van der Waals surface area contributed by atoms with Crippen molar-refractivity contribution in [1.29, 1.82) is 0 Å². The zero-order valence-electron chi connectivity index (χ0n) is 14.2. The molecule has 2 atom stereocenters. The molecule has 134 valence electrons. The second kappa shape index (κ2) is 7.55. The van der Waals surface area contributed by atoms with Crippen molar-refractivity contribution in [1.82, 2.24) is 4.98 Å². The summed E-state index contributed by atoms with van der Waals surface area (Å²) in [5.74, 6) is 0.423. The van der Waals surface area contributed by atoms with Gasteiger partial charge < -0.3 is 11.1 Å². The normalized spacial score (nSPS) is 23.9. The predicted octanol–water partition coefficient (Wildman–Crippen LogP) is 6.22. The van der Waals surface area contributed by atoms with Gasteiger partial charge in [-0.05, 0) is 48.0 Å². The Morgan fingerprint density at radius 2 is 2.16 bits per heavy atom. The number of allylic oxidation sites excluding steroid dienone is 1. The predicted molar refractivity (Wildman–Crippen MR) is 112 cm³/mol. The first-order valence-electron chi connectivity index (χ1n) is 9.09. The van der Waals surface area contributed by atoms with E-state index in [9.17, 15) is 0 Å². The molecule has 0 spiro atoms. The van der Waals surface area contributed by atoms with Crippen LogP contribution in [0.5, 0.6) is 0 Å². The van der Waals surface area contributed by atoms with E-state index in [4.69, 9.17) is 17.3 Å². The molecule has 0 aromatic carbocycles. The largest absolute Gasteiger partial charge is 0.380 e. The molecule has 0 radical (unpaired) electrons. The monoisotopic (exact) mass is 439 g/mol. The van der Waals surface area contributed by atoms with Crippen LogP contribution in [0, 0.1) is 0 Å². The molecule has 0 bridgehead atoms. The molecule has 3 nitrogen and oxygen atoms in total. The van der Waals surface area contributed by atoms with Crippen molar-refractivity contribution >= 4 is 54.8 Å². The van der Waals surface area contributed by atoms with Crippen molar-refractivity contribution in [3.05, 3.63) is 32.2 Å². The summed E-state index contributed by atoms with van der Waals surface area (Å²) in [7, 11) is 0. The number of pyridine rings is 1. The van der Waals surface area contributed by atoms with E-state index in [2.05, 4.69) is 32.3 Å². The third-order valence-electron chi connectivity index (χ3n) is 5.38. The Balaban J connectivity index is 1.69. The van der Waals surface area contributed by atoms with Gasteiger partial charge in [0.05, 0.1) is 20.4 Å². The minimum absolute atomic E-state index is 0.244. The second-order valence-electron chi connectivity index (χ2n) is 7.11. The van der Waals surface area contributed by atoms with Crippen LogP contribution in [-0.4, -0.2) is 17.6 Å². The van der Waals surface area contributed by atoms with E-state index in [-0.39, 0.29) is 6.04 Å². The van der Waals surface area contributed by atoms with Gasteiger partial charge in [-0.15, -0.1) is 11.3 Å². The summed E-state index contributed by atoms with van der Waals surface area (Å²) in [6.45, 7) is 0.892. The smallest absolute Gasteiger partial charge is 0.131 e. The molecule has 2 aromatic heterocycles. The average molecular weight is 441 g/mol. The fourth-order valence-corrected chi connectivity index (χ4v) is 6.47. The van der Waals surface area contributed by atoms with Crippen molar-refractivity contribution < 1.29 is 0 Å². The summed E-state index contributed by atoms with van der Waals surface area (Å²) >= 11 is 11.9. The van der Waals surface area contributed by atoms with Crippen LogP contribution < -0.4 is 11.1 Å². The Morgan fingerprint density at radius 3 is 2.92 bits per heavy atom. The number of hydrogen-bond acceptors (Lipinski definition) is 4. The number of hydrogen-bond donors (Lipinski definition) is 2. The molecule has 1 fully saturated rings. The van der Waals surface area contributed by atoms with E-state index in [1.165, 1.54) is 47.3 Å². The highest BCUT2D eigenvalue weighted by atomic mass is 79.9. The molecule has 1 saturated carbocycles. The molecule has 2 aliphatic rings. The first-order chi connectivity index (χ1) is 12.1. The van der Waals surface area contributed by atoms with Gasteiger partial charge in [0.15, 0.2) is 0 Å². The summed E-state index contributed by atoms with van der Waals surface area (Å²) in [5, 5.41) is 4.13. The topological polar surface area (TPSA) is 50.9 Å². The number of thiophene rings is 1. The van der Waals surface area contributed by atoms with Crippen LogP contribution in [-0.2, 0) is 0 Å². The Bertz CT molecular complexity index is 817. The first-order valence-corrected chi connectivity index (χ1v) is 11.1. The number of halogens is 2. The van der Waals surface area contributed by atoms with Gasteiger partial charge in [-0.1, -0.05) is 36.1 Å². The number of aromatic nitrogens is 1. The quantitative estimate of drug-likeness (QED) is 0.438. The van der Waals surface area contributed by atoms with Crippen molar-refractivity contribution in [3.63, 3.8) is 0 Å². The van der Waals surface area contributed by atoms with Crippen LogP contribution in [0.25, 0.3) is 10.2 Å². The van der Waals surface area contributed by atoms with Gasteiger partial charge in [-0.2, -0.15) is 0 Å². The molecule has 0 unspecified atom stereocenters. The zero-order chi connectivity index (χ0) is 17.4. The maximum atomic E-state index is 6.43. The third kappa shape index (κ3) is 3.61. The Hall–Kier alpha value is -0.620. The fourth-order valence-electron chi connectivity index (χ4n) is 3.99. The van der Waals surface area contributed by atoms with Crippen molar-refractivity contribution in [3.8, 4) is 0 Å². The molecular formula is C19H23BrClN3S. The number of rotatable bonds is 4. The highest BCUT2D eigenvalue weighted by Crippen LogP contribution is 2.46. The van der Waals surface area contributed by atoms with Gasteiger partial charge in [0.25, 0.3) is 0 Å². The van der Waals surface area contributed by atoms with E-state index in [1.54, 1.807) is 0 Å². The Labute approximate surface area is 166 Å². The molecule has 2 aromatic rings. The lowest BCUT2D eigenvalue weighted by molar-refractivity contribution is 0.389. The van der Waals surface area contributed by atoms with Crippen molar-refractivity contribution in [2.75, 3.05) is 11.9 Å². The van der Waals surface area contributed by atoms with Gasteiger partial charge in [0.1, 0.15) is 5.15 Å². The van der Waals surface area contributed by atoms with Gasteiger partial charge in [0, 0.05) is 29.4 Å². The summed E-state index contributed by atoms with van der Waals surface area (Å²) in [6.07, 6.45) is 10.8. The molecule has 4 rings (SSSR count). The van der Waals surface area contributed by atoms with Gasteiger partial charge in [-0.25, -0.2) is 4.98 Å². The molecule has 2 heterocycles. The van der Waals surface area contributed by atoms with E-state index >= 15 is 0 Å². The second-order valence-corrected chi connectivity index (χ2v) is 9.35. The molecule has 6 heteroatoms. The zero-order valence-corrected chi connectivity index (χ0v) is 17.3. The van der Waals surface area contributed by atoms with Crippen LogP contribution in [0.1, 0.15) is 55.7 Å². The highest BCUT2D eigenvalue weighted by molar-refractivity contribution is 9.10. The van der Waals surface area contributed by atoms with E-state index in [0.29, 0.717) is 11.1 Å². The molecule has 0 amide bonds. The van der Waals surface area contributed by atoms with E-state index < -0.39 is 0 Å². The molecule has 25 heavy (non-hydrogen) atoms. The van der Waals surface area contributed by atoms with Gasteiger partial charge >= 0.3 is 0 Å².